The van der Waals surface area contributed by atoms with Crippen LogP contribution in [-0.2, 0) is 22.5 Å². The molecule has 2 aromatic heterocycles. The molecule has 7 heteroatoms. The number of benzene rings is 1. The summed E-state index contributed by atoms with van der Waals surface area (Å²) in [5.74, 6) is 0.504. The predicted molar refractivity (Wildman–Crippen MR) is 134 cm³/mol. The Morgan fingerprint density at radius 1 is 1.26 bits per heavy atom. The largest absolute Gasteiger partial charge is 0.376 e. The van der Waals surface area contributed by atoms with Crippen molar-refractivity contribution >= 4 is 23.1 Å². The fourth-order valence-electron chi connectivity index (χ4n) is 5.27. The number of carbonyl (C=O) groups excluding carboxylic acids is 1. The van der Waals surface area contributed by atoms with Gasteiger partial charge in [-0.3, -0.25) is 9.69 Å². The smallest absolute Gasteiger partial charge is 0.239 e. The number of nitrogens with one attached hydrogen (secondary N) is 1. The van der Waals surface area contributed by atoms with Gasteiger partial charge in [-0.25, -0.2) is 0 Å². The van der Waals surface area contributed by atoms with Crippen molar-refractivity contribution in [3.05, 3.63) is 74.6 Å². The molecule has 2 aliphatic rings. The first-order valence-electron chi connectivity index (χ1n) is 11.9. The van der Waals surface area contributed by atoms with E-state index in [9.17, 15) is 10.1 Å². The number of rotatable bonds is 6. The lowest BCUT2D eigenvalue weighted by Crippen LogP contribution is -2.41. The quantitative estimate of drug-likeness (QED) is 0.557. The van der Waals surface area contributed by atoms with E-state index in [0.717, 1.165) is 43.7 Å². The number of hydrogen-bond acceptors (Lipinski definition) is 5. The molecular formula is C27H30N4O2S. The van der Waals surface area contributed by atoms with Gasteiger partial charge in [-0.05, 0) is 61.2 Å². The second-order valence-electron chi connectivity index (χ2n) is 9.17. The van der Waals surface area contributed by atoms with Gasteiger partial charge in [-0.1, -0.05) is 30.3 Å². The molecule has 1 aromatic carbocycles. The second-order valence-corrected chi connectivity index (χ2v) is 10.2. The van der Waals surface area contributed by atoms with Crippen LogP contribution >= 0.6 is 11.3 Å². The van der Waals surface area contributed by atoms with Crippen LogP contribution in [0, 0.1) is 25.2 Å². The molecule has 0 unspecified atom stereocenters. The van der Waals surface area contributed by atoms with E-state index in [1.165, 1.54) is 16.0 Å². The SMILES string of the molecule is Cc1c(C#N)c(NC(=O)CN2CCc3sccc3[C@@H]2c2ccccc2)n(C[C@H]2CCCO2)c1C. The molecule has 2 atom stereocenters. The monoisotopic (exact) mass is 474 g/mol. The van der Waals surface area contributed by atoms with E-state index >= 15 is 0 Å². The third-order valence-electron chi connectivity index (χ3n) is 7.14. The molecule has 0 spiro atoms. The van der Waals surface area contributed by atoms with Crippen molar-refractivity contribution in [3.63, 3.8) is 0 Å². The molecule has 0 saturated carbocycles. The molecule has 6 nitrogen and oxygen atoms in total. The first-order chi connectivity index (χ1) is 16.6. The molecule has 176 valence electrons. The minimum atomic E-state index is -0.0952. The maximum atomic E-state index is 13.4. The fourth-order valence-corrected chi connectivity index (χ4v) is 6.17. The Morgan fingerprint density at radius 3 is 2.82 bits per heavy atom. The maximum Gasteiger partial charge on any atom is 0.239 e. The molecule has 1 saturated heterocycles. The van der Waals surface area contributed by atoms with Gasteiger partial charge < -0.3 is 14.6 Å². The lowest BCUT2D eigenvalue weighted by Gasteiger charge is -2.35. The topological polar surface area (TPSA) is 70.3 Å². The lowest BCUT2D eigenvalue weighted by molar-refractivity contribution is -0.117. The molecule has 3 aromatic rings. The number of aromatic nitrogens is 1. The third kappa shape index (κ3) is 4.29. The van der Waals surface area contributed by atoms with Crippen molar-refractivity contribution in [2.75, 3.05) is 25.0 Å². The number of hydrogen-bond donors (Lipinski definition) is 1. The Labute approximate surface area is 204 Å². The summed E-state index contributed by atoms with van der Waals surface area (Å²) >= 11 is 1.80. The Balaban J connectivity index is 1.40. The molecule has 34 heavy (non-hydrogen) atoms. The van der Waals surface area contributed by atoms with Gasteiger partial charge in [-0.2, -0.15) is 5.26 Å². The highest BCUT2D eigenvalue weighted by Gasteiger charge is 2.31. The molecule has 1 N–H and O–H groups in total. The summed E-state index contributed by atoms with van der Waals surface area (Å²) in [5.41, 5.74) is 4.95. The van der Waals surface area contributed by atoms with Crippen LogP contribution in [0.4, 0.5) is 5.82 Å². The minimum absolute atomic E-state index is 0.0551. The average Bonchev–Trinajstić information content (AvgIpc) is 3.58. The number of nitrogens with zero attached hydrogens (tertiary/aromatic N) is 3. The van der Waals surface area contributed by atoms with Crippen molar-refractivity contribution < 1.29 is 9.53 Å². The van der Waals surface area contributed by atoms with Gasteiger partial charge in [0.2, 0.25) is 5.91 Å². The van der Waals surface area contributed by atoms with Gasteiger partial charge in [0.1, 0.15) is 11.9 Å². The summed E-state index contributed by atoms with van der Waals surface area (Å²) < 4.78 is 7.90. The van der Waals surface area contributed by atoms with Crippen LogP contribution in [0.15, 0.2) is 41.8 Å². The van der Waals surface area contributed by atoms with Crippen molar-refractivity contribution in [3.8, 4) is 6.07 Å². The van der Waals surface area contributed by atoms with Gasteiger partial charge in [0.25, 0.3) is 0 Å². The summed E-state index contributed by atoms with van der Waals surface area (Å²) in [6.07, 6.45) is 3.12. The van der Waals surface area contributed by atoms with Crippen LogP contribution in [-0.4, -0.2) is 41.2 Å². The number of anilines is 1. The number of fused-ring (bicyclic) bond motifs is 1. The number of carbonyl (C=O) groups is 1. The number of amides is 1. The average molecular weight is 475 g/mol. The van der Waals surface area contributed by atoms with E-state index in [4.69, 9.17) is 4.74 Å². The van der Waals surface area contributed by atoms with Crippen LogP contribution < -0.4 is 5.32 Å². The molecule has 1 fully saturated rings. The molecule has 2 aliphatic heterocycles. The summed E-state index contributed by atoms with van der Waals surface area (Å²) in [6.45, 7) is 6.47. The van der Waals surface area contributed by atoms with Gasteiger partial charge >= 0.3 is 0 Å². The zero-order valence-corrected chi connectivity index (χ0v) is 20.5. The first kappa shape index (κ1) is 22.9. The number of nitriles is 1. The minimum Gasteiger partial charge on any atom is -0.376 e. The molecular weight excluding hydrogens is 444 g/mol. The Morgan fingerprint density at radius 2 is 2.09 bits per heavy atom. The second kappa shape index (κ2) is 9.75. The third-order valence-corrected chi connectivity index (χ3v) is 8.13. The van der Waals surface area contributed by atoms with Crippen LogP contribution in [0.3, 0.4) is 0 Å². The van der Waals surface area contributed by atoms with Crippen molar-refractivity contribution in [1.29, 1.82) is 5.26 Å². The summed E-state index contributed by atoms with van der Waals surface area (Å²) in [5, 5.41) is 15.1. The van der Waals surface area contributed by atoms with Crippen LogP contribution in [0.1, 0.15) is 51.7 Å². The summed E-state index contributed by atoms with van der Waals surface area (Å²) in [7, 11) is 0. The van der Waals surface area contributed by atoms with Crippen molar-refractivity contribution in [2.24, 2.45) is 0 Å². The molecule has 0 radical (unpaired) electrons. The summed E-state index contributed by atoms with van der Waals surface area (Å²) in [6, 6.07) is 15.0. The van der Waals surface area contributed by atoms with Crippen LogP contribution in [0.5, 0.6) is 0 Å². The van der Waals surface area contributed by atoms with Crippen molar-refractivity contribution in [2.45, 2.75) is 51.8 Å². The van der Waals surface area contributed by atoms with Gasteiger partial charge in [-0.15, -0.1) is 11.3 Å². The molecule has 0 aliphatic carbocycles. The maximum absolute atomic E-state index is 13.4. The van der Waals surface area contributed by atoms with E-state index in [1.807, 2.05) is 19.9 Å². The first-order valence-corrected chi connectivity index (χ1v) is 12.8. The Kier molecular flexibility index (Phi) is 6.55. The lowest BCUT2D eigenvalue weighted by atomic mass is 9.93. The summed E-state index contributed by atoms with van der Waals surface area (Å²) in [4.78, 5) is 17.0. The van der Waals surface area contributed by atoms with Gasteiger partial charge in [0.05, 0.1) is 30.8 Å². The van der Waals surface area contributed by atoms with E-state index < -0.39 is 0 Å². The van der Waals surface area contributed by atoms with E-state index in [2.05, 4.69) is 56.6 Å². The van der Waals surface area contributed by atoms with Crippen LogP contribution in [0.2, 0.25) is 0 Å². The zero-order valence-electron chi connectivity index (χ0n) is 19.7. The Hall–Kier alpha value is -2.92. The zero-order chi connectivity index (χ0) is 23.7. The standard InChI is InChI=1S/C27H30N4O2S/c1-18-19(2)31(16-21-9-6-13-33-21)27(23(18)15-28)29-25(32)17-30-12-10-24-22(11-14-34-24)26(30)20-7-4-3-5-8-20/h3-5,7-8,11,14,21,26H,6,9-10,12-13,16-17H2,1-2H3,(H,29,32)/t21-,26+/m1/s1. The molecule has 5 rings (SSSR count). The van der Waals surface area contributed by atoms with E-state index in [1.54, 1.807) is 11.3 Å². The number of ether oxygens (including phenoxy) is 1. The Bertz CT molecular complexity index is 1220. The fraction of sp³-hybridized carbons (Fsp3) is 0.407. The number of thiophene rings is 1. The van der Waals surface area contributed by atoms with E-state index in [0.29, 0.717) is 17.9 Å². The molecule has 0 bridgehead atoms. The highest BCUT2D eigenvalue weighted by Crippen LogP contribution is 2.37. The molecule has 4 heterocycles. The van der Waals surface area contributed by atoms with Gasteiger partial charge in [0.15, 0.2) is 0 Å². The molecule has 1 amide bonds. The normalized spacial score (nSPS) is 20.1. The highest BCUT2D eigenvalue weighted by atomic mass is 32.1. The van der Waals surface area contributed by atoms with Crippen molar-refractivity contribution in [1.82, 2.24) is 9.47 Å². The highest BCUT2D eigenvalue weighted by molar-refractivity contribution is 7.10. The predicted octanol–water partition coefficient (Wildman–Crippen LogP) is 4.80. The van der Waals surface area contributed by atoms with E-state index in [-0.39, 0.29) is 24.6 Å². The van der Waals surface area contributed by atoms with Crippen LogP contribution in [0.25, 0.3) is 0 Å². The van der Waals surface area contributed by atoms with Gasteiger partial charge in [0, 0.05) is 23.7 Å².